The van der Waals surface area contributed by atoms with E-state index in [2.05, 4.69) is 6.92 Å². The van der Waals surface area contributed by atoms with Crippen molar-refractivity contribution in [2.24, 2.45) is 0 Å². The molecule has 1 rings (SSSR count). The number of nitrogens with zero attached hydrogens (tertiary/aromatic N) is 1. The molecule has 0 aromatic heterocycles. The lowest BCUT2D eigenvalue weighted by Crippen LogP contribution is -1.95. The zero-order valence-corrected chi connectivity index (χ0v) is 8.77. The van der Waals surface area contributed by atoms with Crippen molar-refractivity contribution < 1.29 is 10.0 Å². The molecule has 0 heterocycles. The standard InChI is InChI=1S/C11H15NO3/c1-2-3-4-9-5-10(8-13)7-11(6-9)12(14)15/h5-7,13H,2-4,8H2,1H3. The average molecular weight is 209 g/mol. The van der Waals surface area contributed by atoms with Crippen LogP contribution in [0.15, 0.2) is 18.2 Å². The van der Waals surface area contributed by atoms with Crippen molar-refractivity contribution in [3.8, 4) is 0 Å². The minimum atomic E-state index is -0.422. The van der Waals surface area contributed by atoms with Crippen molar-refractivity contribution in [1.29, 1.82) is 0 Å². The number of hydrogen-bond acceptors (Lipinski definition) is 3. The molecule has 0 aliphatic carbocycles. The molecule has 0 unspecified atom stereocenters. The Morgan fingerprint density at radius 3 is 2.53 bits per heavy atom. The van der Waals surface area contributed by atoms with E-state index in [9.17, 15) is 10.1 Å². The number of non-ortho nitro benzene ring substituents is 1. The molecule has 0 fully saturated rings. The fourth-order valence-electron chi connectivity index (χ4n) is 1.46. The summed E-state index contributed by atoms with van der Waals surface area (Å²) in [6.45, 7) is 1.92. The maximum Gasteiger partial charge on any atom is 0.270 e. The van der Waals surface area contributed by atoms with Gasteiger partial charge in [-0.15, -0.1) is 0 Å². The first-order valence-corrected chi connectivity index (χ1v) is 5.05. The number of nitro benzene ring substituents is 1. The maximum atomic E-state index is 10.6. The van der Waals surface area contributed by atoms with Crippen LogP contribution < -0.4 is 0 Å². The quantitative estimate of drug-likeness (QED) is 0.598. The minimum Gasteiger partial charge on any atom is -0.392 e. The van der Waals surface area contributed by atoms with Crippen LogP contribution in [0.25, 0.3) is 0 Å². The summed E-state index contributed by atoms with van der Waals surface area (Å²) in [4.78, 5) is 10.2. The van der Waals surface area contributed by atoms with Gasteiger partial charge in [0.2, 0.25) is 0 Å². The van der Waals surface area contributed by atoms with E-state index in [4.69, 9.17) is 5.11 Å². The number of aliphatic hydroxyl groups is 1. The van der Waals surface area contributed by atoms with Crippen LogP contribution >= 0.6 is 0 Å². The average Bonchev–Trinajstić information content (AvgIpc) is 2.25. The summed E-state index contributed by atoms with van der Waals surface area (Å²) in [7, 11) is 0. The van der Waals surface area contributed by atoms with Crippen molar-refractivity contribution >= 4 is 5.69 Å². The molecular weight excluding hydrogens is 194 g/mol. The molecule has 82 valence electrons. The first-order chi connectivity index (χ1) is 7.17. The summed E-state index contributed by atoms with van der Waals surface area (Å²) in [5, 5.41) is 19.6. The summed E-state index contributed by atoms with van der Waals surface area (Å²) in [5.74, 6) is 0. The molecule has 1 aromatic carbocycles. The SMILES string of the molecule is CCCCc1cc(CO)cc([N+](=O)[O-])c1. The maximum absolute atomic E-state index is 10.6. The second kappa shape index (κ2) is 5.46. The van der Waals surface area contributed by atoms with Gasteiger partial charge in [0.15, 0.2) is 0 Å². The van der Waals surface area contributed by atoms with Gasteiger partial charge in [-0.05, 0) is 24.0 Å². The van der Waals surface area contributed by atoms with Gasteiger partial charge in [0.05, 0.1) is 11.5 Å². The van der Waals surface area contributed by atoms with E-state index < -0.39 is 4.92 Å². The van der Waals surface area contributed by atoms with Crippen LogP contribution in [0.5, 0.6) is 0 Å². The van der Waals surface area contributed by atoms with Crippen LogP contribution in [-0.4, -0.2) is 10.0 Å². The molecule has 0 spiro atoms. The normalized spacial score (nSPS) is 10.3. The van der Waals surface area contributed by atoms with Crippen molar-refractivity contribution in [2.45, 2.75) is 32.8 Å². The van der Waals surface area contributed by atoms with Gasteiger partial charge in [0, 0.05) is 12.1 Å². The zero-order chi connectivity index (χ0) is 11.3. The van der Waals surface area contributed by atoms with E-state index in [0.717, 1.165) is 24.8 Å². The smallest absolute Gasteiger partial charge is 0.270 e. The molecule has 15 heavy (non-hydrogen) atoms. The molecule has 0 amide bonds. The third-order valence-electron chi connectivity index (χ3n) is 2.25. The molecule has 0 radical (unpaired) electrons. The van der Waals surface area contributed by atoms with E-state index in [-0.39, 0.29) is 12.3 Å². The summed E-state index contributed by atoms with van der Waals surface area (Å²) in [6, 6.07) is 4.81. The Hall–Kier alpha value is -1.42. The van der Waals surface area contributed by atoms with Gasteiger partial charge in [0.1, 0.15) is 0 Å². The highest BCUT2D eigenvalue weighted by Gasteiger charge is 2.08. The Balaban J connectivity index is 2.95. The van der Waals surface area contributed by atoms with Crippen LogP contribution in [-0.2, 0) is 13.0 Å². The fraction of sp³-hybridized carbons (Fsp3) is 0.455. The Morgan fingerprint density at radius 1 is 1.33 bits per heavy atom. The van der Waals surface area contributed by atoms with Gasteiger partial charge >= 0.3 is 0 Å². The molecular formula is C11H15NO3. The van der Waals surface area contributed by atoms with E-state index in [0.29, 0.717) is 5.56 Å². The van der Waals surface area contributed by atoms with E-state index in [1.54, 1.807) is 6.07 Å². The van der Waals surface area contributed by atoms with E-state index in [1.165, 1.54) is 6.07 Å². The second-order valence-corrected chi connectivity index (χ2v) is 3.53. The number of hydrogen-bond donors (Lipinski definition) is 1. The zero-order valence-electron chi connectivity index (χ0n) is 8.77. The molecule has 0 saturated heterocycles. The van der Waals surface area contributed by atoms with Gasteiger partial charge in [0.25, 0.3) is 5.69 Å². The topological polar surface area (TPSA) is 63.4 Å². The number of aliphatic hydroxyl groups excluding tert-OH is 1. The molecule has 4 heteroatoms. The molecule has 4 nitrogen and oxygen atoms in total. The molecule has 0 saturated carbocycles. The Labute approximate surface area is 88.7 Å². The lowest BCUT2D eigenvalue weighted by atomic mass is 10.0. The van der Waals surface area contributed by atoms with Crippen LogP contribution in [0.4, 0.5) is 5.69 Å². The Kier molecular flexibility index (Phi) is 4.24. The Bertz CT molecular complexity index is 350. The molecule has 0 aliphatic rings. The van der Waals surface area contributed by atoms with Crippen LogP contribution in [0, 0.1) is 10.1 Å². The Morgan fingerprint density at radius 2 is 2.00 bits per heavy atom. The molecule has 1 aromatic rings. The van der Waals surface area contributed by atoms with Gasteiger partial charge in [-0.2, -0.15) is 0 Å². The van der Waals surface area contributed by atoms with Crippen molar-refractivity contribution in [2.75, 3.05) is 0 Å². The molecule has 1 N–H and O–H groups in total. The summed E-state index contributed by atoms with van der Waals surface area (Å²) in [5.41, 5.74) is 1.60. The third kappa shape index (κ3) is 3.32. The first kappa shape index (κ1) is 11.7. The highest BCUT2D eigenvalue weighted by atomic mass is 16.6. The lowest BCUT2D eigenvalue weighted by molar-refractivity contribution is -0.385. The largest absolute Gasteiger partial charge is 0.392 e. The molecule has 0 bridgehead atoms. The van der Waals surface area contributed by atoms with Gasteiger partial charge in [-0.1, -0.05) is 19.4 Å². The predicted octanol–water partition coefficient (Wildman–Crippen LogP) is 2.43. The van der Waals surface area contributed by atoms with Gasteiger partial charge in [-0.25, -0.2) is 0 Å². The minimum absolute atomic E-state index is 0.0626. The van der Waals surface area contributed by atoms with E-state index >= 15 is 0 Å². The van der Waals surface area contributed by atoms with Crippen LogP contribution in [0.2, 0.25) is 0 Å². The third-order valence-corrected chi connectivity index (χ3v) is 2.25. The van der Waals surface area contributed by atoms with Gasteiger partial charge < -0.3 is 5.11 Å². The van der Waals surface area contributed by atoms with E-state index in [1.807, 2.05) is 6.07 Å². The number of unbranched alkanes of at least 4 members (excludes halogenated alkanes) is 1. The first-order valence-electron chi connectivity index (χ1n) is 5.05. The number of aryl methyl sites for hydroxylation is 1. The second-order valence-electron chi connectivity index (χ2n) is 3.53. The molecule has 0 aliphatic heterocycles. The number of rotatable bonds is 5. The van der Waals surface area contributed by atoms with Crippen molar-refractivity contribution in [1.82, 2.24) is 0 Å². The van der Waals surface area contributed by atoms with Gasteiger partial charge in [-0.3, -0.25) is 10.1 Å². The number of nitro groups is 1. The van der Waals surface area contributed by atoms with Crippen LogP contribution in [0.1, 0.15) is 30.9 Å². The van der Waals surface area contributed by atoms with Crippen molar-refractivity contribution in [3.63, 3.8) is 0 Å². The van der Waals surface area contributed by atoms with Crippen LogP contribution in [0.3, 0.4) is 0 Å². The highest BCUT2D eigenvalue weighted by molar-refractivity contribution is 5.39. The summed E-state index contributed by atoms with van der Waals surface area (Å²) < 4.78 is 0. The summed E-state index contributed by atoms with van der Waals surface area (Å²) >= 11 is 0. The highest BCUT2D eigenvalue weighted by Crippen LogP contribution is 2.18. The summed E-state index contributed by atoms with van der Waals surface area (Å²) in [6.07, 6.45) is 2.88. The number of benzene rings is 1. The van der Waals surface area contributed by atoms with Crippen molar-refractivity contribution in [3.05, 3.63) is 39.4 Å². The molecule has 0 atom stereocenters. The monoisotopic (exact) mass is 209 g/mol. The lowest BCUT2D eigenvalue weighted by Gasteiger charge is -2.03. The fourth-order valence-corrected chi connectivity index (χ4v) is 1.46. The predicted molar refractivity (Wildman–Crippen MR) is 57.6 cm³/mol.